The molecule has 10 heavy (non-hydrogen) atoms. The summed E-state index contributed by atoms with van der Waals surface area (Å²) in [6, 6.07) is 0. The fraction of sp³-hybridized carbons (Fsp3) is 0.750. The lowest BCUT2D eigenvalue weighted by Crippen LogP contribution is -2.19. The Morgan fingerprint density at radius 3 is 2.80 bits per heavy atom. The fourth-order valence-electron chi connectivity index (χ4n) is 0.348. The second-order valence-electron chi connectivity index (χ2n) is 1.60. The topological polar surface area (TPSA) is 106 Å². The first kappa shape index (κ1) is 8.74. The number of hydrogen-bond acceptors (Lipinski definition) is 3. The minimum atomic E-state index is -1.43. The van der Waals surface area contributed by atoms with Crippen LogP contribution in [0.5, 0.6) is 0 Å². The van der Waals surface area contributed by atoms with Crippen LogP contribution in [0.1, 0.15) is 6.42 Å². The Morgan fingerprint density at radius 1 is 1.80 bits per heavy atom. The van der Waals surface area contributed by atoms with E-state index in [1.54, 1.807) is 0 Å². The summed E-state index contributed by atoms with van der Waals surface area (Å²) >= 11 is 0. The highest BCUT2D eigenvalue weighted by Gasteiger charge is 2.10. The zero-order valence-electron chi connectivity index (χ0n) is 5.14. The van der Waals surface area contributed by atoms with Crippen LogP contribution in [0.3, 0.4) is 0 Å². The normalized spacial score (nSPS) is 11.7. The van der Waals surface area contributed by atoms with Gasteiger partial charge in [0.2, 0.25) is 0 Å². The molecular weight excluding hydrogens is 138 g/mol. The molecule has 0 aliphatic carbocycles. The highest BCUT2D eigenvalue weighted by molar-refractivity contribution is 5.71. The van der Waals surface area contributed by atoms with Gasteiger partial charge in [-0.15, -0.1) is 0 Å². The summed E-state index contributed by atoms with van der Waals surface area (Å²) in [5.74, 6) is -1.30. The number of carbonyl (C=O) groups is 1. The van der Waals surface area contributed by atoms with Crippen LogP contribution in [0.25, 0.3) is 10.4 Å². The van der Waals surface area contributed by atoms with E-state index < -0.39 is 12.1 Å². The van der Waals surface area contributed by atoms with Crippen molar-refractivity contribution < 1.29 is 15.0 Å². The van der Waals surface area contributed by atoms with E-state index in [0.717, 1.165) is 0 Å². The number of rotatable bonds is 4. The lowest BCUT2D eigenvalue weighted by atomic mass is 10.3. The van der Waals surface area contributed by atoms with Crippen molar-refractivity contribution in [1.82, 2.24) is 0 Å². The molecule has 0 spiro atoms. The largest absolute Gasteiger partial charge is 0.479 e. The second kappa shape index (κ2) is 4.60. The first-order valence-corrected chi connectivity index (χ1v) is 2.60. The Kier molecular flexibility index (Phi) is 4.02. The van der Waals surface area contributed by atoms with Crippen molar-refractivity contribution >= 4 is 5.97 Å². The SMILES string of the molecule is [N-]=[N+]=NCC[C@H](O)C(=O)O. The van der Waals surface area contributed by atoms with Gasteiger partial charge in [-0.2, -0.15) is 0 Å². The van der Waals surface area contributed by atoms with E-state index in [1.807, 2.05) is 0 Å². The van der Waals surface area contributed by atoms with Crippen LogP contribution in [0.4, 0.5) is 0 Å². The third kappa shape index (κ3) is 3.71. The van der Waals surface area contributed by atoms with E-state index in [-0.39, 0.29) is 13.0 Å². The van der Waals surface area contributed by atoms with E-state index in [2.05, 4.69) is 10.0 Å². The van der Waals surface area contributed by atoms with Gasteiger partial charge in [0.15, 0.2) is 6.10 Å². The monoisotopic (exact) mass is 145 g/mol. The molecule has 0 rings (SSSR count). The molecule has 1 atom stereocenters. The molecule has 0 aromatic rings. The van der Waals surface area contributed by atoms with Gasteiger partial charge in [0, 0.05) is 11.5 Å². The van der Waals surface area contributed by atoms with Gasteiger partial charge in [-0.05, 0) is 12.0 Å². The lowest BCUT2D eigenvalue weighted by molar-refractivity contribution is -0.146. The molecule has 0 aliphatic heterocycles. The van der Waals surface area contributed by atoms with Gasteiger partial charge in [0.25, 0.3) is 0 Å². The molecular formula is C4H7N3O3. The molecule has 6 heteroatoms. The van der Waals surface area contributed by atoms with Gasteiger partial charge in [-0.1, -0.05) is 5.11 Å². The minimum absolute atomic E-state index is 0.00394. The van der Waals surface area contributed by atoms with Gasteiger partial charge < -0.3 is 10.2 Å². The number of aliphatic hydroxyl groups is 1. The summed E-state index contributed by atoms with van der Waals surface area (Å²) in [4.78, 5) is 12.3. The van der Waals surface area contributed by atoms with Crippen LogP contribution >= 0.6 is 0 Å². The molecule has 2 N–H and O–H groups in total. The molecule has 0 saturated heterocycles. The standard InChI is InChI=1S/C4H7N3O3/c5-7-6-2-1-3(8)4(9)10/h3,8H,1-2H2,(H,9,10)/t3-/m0/s1. The summed E-state index contributed by atoms with van der Waals surface area (Å²) in [5.41, 5.74) is 7.75. The van der Waals surface area contributed by atoms with E-state index >= 15 is 0 Å². The van der Waals surface area contributed by atoms with E-state index in [0.29, 0.717) is 0 Å². The number of carboxylic acids is 1. The average Bonchev–Trinajstić information content (AvgIpc) is 1.88. The molecule has 0 unspecified atom stereocenters. The van der Waals surface area contributed by atoms with Crippen molar-refractivity contribution in [2.24, 2.45) is 5.11 Å². The highest BCUT2D eigenvalue weighted by Crippen LogP contribution is 1.91. The number of aliphatic carboxylic acids is 1. The van der Waals surface area contributed by atoms with E-state index in [1.165, 1.54) is 0 Å². The van der Waals surface area contributed by atoms with Gasteiger partial charge in [-0.3, -0.25) is 0 Å². The molecule has 6 nitrogen and oxygen atoms in total. The second-order valence-corrected chi connectivity index (χ2v) is 1.60. The Bertz CT molecular complexity index is 163. The van der Waals surface area contributed by atoms with Crippen molar-refractivity contribution in [3.8, 4) is 0 Å². The summed E-state index contributed by atoms with van der Waals surface area (Å²) in [6.07, 6.45) is -1.47. The van der Waals surface area contributed by atoms with Crippen LogP contribution in [0.15, 0.2) is 5.11 Å². The van der Waals surface area contributed by atoms with E-state index in [9.17, 15) is 4.79 Å². The van der Waals surface area contributed by atoms with Crippen LogP contribution in [0.2, 0.25) is 0 Å². The summed E-state index contributed by atoms with van der Waals surface area (Å²) in [6.45, 7) is 0.00394. The van der Waals surface area contributed by atoms with Crippen molar-refractivity contribution in [1.29, 1.82) is 0 Å². The Labute approximate surface area is 56.7 Å². The van der Waals surface area contributed by atoms with Gasteiger partial charge in [-0.25, -0.2) is 4.79 Å². The third-order valence-corrected chi connectivity index (χ3v) is 0.851. The molecule has 0 radical (unpaired) electrons. The molecule has 56 valence electrons. The molecule has 0 aromatic carbocycles. The molecule has 0 bridgehead atoms. The smallest absolute Gasteiger partial charge is 0.332 e. The summed E-state index contributed by atoms with van der Waals surface area (Å²) < 4.78 is 0. The van der Waals surface area contributed by atoms with Crippen LogP contribution in [-0.2, 0) is 4.79 Å². The van der Waals surface area contributed by atoms with Gasteiger partial charge in [0.1, 0.15) is 0 Å². The van der Waals surface area contributed by atoms with Crippen LogP contribution in [-0.4, -0.2) is 28.8 Å². The molecule has 0 saturated carbocycles. The van der Waals surface area contributed by atoms with Crippen molar-refractivity contribution in [3.05, 3.63) is 10.4 Å². The predicted molar refractivity (Wildman–Crippen MR) is 32.3 cm³/mol. The first-order chi connectivity index (χ1) is 4.68. The maximum atomic E-state index is 9.91. The van der Waals surface area contributed by atoms with Crippen LogP contribution < -0.4 is 0 Å². The molecule has 0 heterocycles. The Morgan fingerprint density at radius 2 is 2.40 bits per heavy atom. The number of nitrogens with zero attached hydrogens (tertiary/aromatic N) is 3. The number of aliphatic hydroxyl groups excluding tert-OH is 1. The zero-order chi connectivity index (χ0) is 7.98. The van der Waals surface area contributed by atoms with Gasteiger partial charge >= 0.3 is 5.97 Å². The minimum Gasteiger partial charge on any atom is -0.479 e. The van der Waals surface area contributed by atoms with E-state index in [4.69, 9.17) is 15.7 Å². The number of azide groups is 1. The maximum absolute atomic E-state index is 9.91. The third-order valence-electron chi connectivity index (χ3n) is 0.851. The zero-order valence-corrected chi connectivity index (χ0v) is 5.14. The fourth-order valence-corrected chi connectivity index (χ4v) is 0.348. The van der Waals surface area contributed by atoms with Crippen LogP contribution in [0, 0.1) is 0 Å². The van der Waals surface area contributed by atoms with Gasteiger partial charge in [0.05, 0.1) is 0 Å². The number of hydrogen-bond donors (Lipinski definition) is 2. The molecule has 0 amide bonds. The molecule has 0 aliphatic rings. The summed E-state index contributed by atoms with van der Waals surface area (Å²) in [7, 11) is 0. The summed E-state index contributed by atoms with van der Waals surface area (Å²) in [5, 5.41) is 19.7. The molecule has 0 aromatic heterocycles. The van der Waals surface area contributed by atoms with Crippen molar-refractivity contribution in [3.63, 3.8) is 0 Å². The first-order valence-electron chi connectivity index (χ1n) is 2.60. The van der Waals surface area contributed by atoms with Crippen molar-refractivity contribution in [2.45, 2.75) is 12.5 Å². The average molecular weight is 145 g/mol. The maximum Gasteiger partial charge on any atom is 0.332 e. The molecule has 0 fully saturated rings. The Balaban J connectivity index is 3.48. The number of carboxylic acid groups (broad SMARTS) is 1. The van der Waals surface area contributed by atoms with Crippen molar-refractivity contribution in [2.75, 3.05) is 6.54 Å². The predicted octanol–water partition coefficient (Wildman–Crippen LogP) is 0.132. The quantitative estimate of drug-likeness (QED) is 0.333. The highest BCUT2D eigenvalue weighted by atomic mass is 16.4. The lowest BCUT2D eigenvalue weighted by Gasteiger charge is -1.99. The Hall–Kier alpha value is -1.26.